The van der Waals surface area contributed by atoms with Crippen molar-refractivity contribution in [3.63, 3.8) is 0 Å². The van der Waals surface area contributed by atoms with Crippen molar-refractivity contribution in [3.8, 4) is 55.6 Å². The fourth-order valence-electron chi connectivity index (χ4n) is 10.1. The number of hydrogen-bond acceptors (Lipinski definition) is 1. The maximum Gasteiger partial charge on any atom is 0.0543 e. The van der Waals surface area contributed by atoms with Gasteiger partial charge in [-0.1, -0.05) is 161 Å². The lowest BCUT2D eigenvalue weighted by Crippen LogP contribution is -2.17. The third-order valence-electron chi connectivity index (χ3n) is 12.6. The lowest BCUT2D eigenvalue weighted by Gasteiger charge is -2.30. The molecular weight excluding hydrogens is 639 g/mol. The van der Waals surface area contributed by atoms with Gasteiger partial charge in [-0.25, -0.2) is 0 Å². The molecule has 1 nitrogen and oxygen atoms in total. The van der Waals surface area contributed by atoms with Crippen LogP contribution in [0.3, 0.4) is 0 Å². The molecule has 3 aliphatic rings. The van der Waals surface area contributed by atoms with E-state index in [0.29, 0.717) is 0 Å². The van der Waals surface area contributed by atoms with Crippen molar-refractivity contribution in [3.05, 3.63) is 186 Å². The van der Waals surface area contributed by atoms with Crippen LogP contribution in [-0.4, -0.2) is 0 Å². The molecular formula is C52H39N. The van der Waals surface area contributed by atoms with Gasteiger partial charge in [-0.15, -0.1) is 0 Å². The minimum absolute atomic E-state index is 0.0980. The Morgan fingerprint density at radius 1 is 0.358 bits per heavy atom. The summed E-state index contributed by atoms with van der Waals surface area (Å²) < 4.78 is 0. The molecule has 0 amide bonds. The first-order valence-corrected chi connectivity index (χ1v) is 18.9. The SMILES string of the molecule is CC1(C)c2ccccc2-c2ccc(N(c3cccc(-c4ccc5c6c(cccc46)-c4ccccc4-5)c3)c3cccc4c3-c3ccccc3C4(C)C)cc21. The van der Waals surface area contributed by atoms with E-state index in [1.165, 1.54) is 100 Å². The molecule has 0 spiro atoms. The highest BCUT2D eigenvalue weighted by molar-refractivity contribution is 6.18. The predicted molar refractivity (Wildman–Crippen MR) is 224 cm³/mol. The van der Waals surface area contributed by atoms with Crippen LogP contribution in [0.5, 0.6) is 0 Å². The number of anilines is 3. The van der Waals surface area contributed by atoms with E-state index >= 15 is 0 Å². The summed E-state index contributed by atoms with van der Waals surface area (Å²) in [5.41, 5.74) is 22.0. The second-order valence-corrected chi connectivity index (χ2v) is 16.1. The van der Waals surface area contributed by atoms with E-state index in [2.05, 4.69) is 196 Å². The molecule has 53 heavy (non-hydrogen) atoms. The summed E-state index contributed by atoms with van der Waals surface area (Å²) >= 11 is 0. The highest BCUT2D eigenvalue weighted by Crippen LogP contribution is 2.56. The van der Waals surface area contributed by atoms with Gasteiger partial charge in [0.1, 0.15) is 0 Å². The van der Waals surface area contributed by atoms with Crippen LogP contribution in [0.1, 0.15) is 49.9 Å². The Balaban J connectivity index is 1.14. The van der Waals surface area contributed by atoms with Gasteiger partial charge < -0.3 is 4.90 Å². The van der Waals surface area contributed by atoms with Gasteiger partial charge in [-0.3, -0.25) is 0 Å². The summed E-state index contributed by atoms with van der Waals surface area (Å²) in [6.45, 7) is 9.49. The van der Waals surface area contributed by atoms with Gasteiger partial charge in [-0.05, 0) is 113 Å². The van der Waals surface area contributed by atoms with E-state index in [1.807, 2.05) is 0 Å². The zero-order chi connectivity index (χ0) is 35.6. The number of rotatable bonds is 4. The molecule has 0 heterocycles. The molecule has 0 bridgehead atoms. The molecule has 8 aromatic carbocycles. The standard InChI is InChI=1S/C52H39N/c1-51(2)45-23-10-8-19-43(45)50-46(51)24-13-25-48(50)53(34-26-27-39-38-18-7-9-22-44(38)52(3,4)47(39)31-34)33-15-11-14-32(30-33)35-28-29-42-37-17-6-5-16-36(37)41-21-12-20-40(35)49(41)42/h5-31H,1-4H3. The Labute approximate surface area is 311 Å². The molecule has 3 aliphatic carbocycles. The van der Waals surface area contributed by atoms with E-state index in [9.17, 15) is 0 Å². The minimum Gasteiger partial charge on any atom is -0.310 e. The molecule has 0 N–H and O–H groups in total. The lowest BCUT2D eigenvalue weighted by atomic mass is 9.82. The van der Waals surface area contributed by atoms with Crippen LogP contribution in [0.2, 0.25) is 0 Å². The average Bonchev–Trinajstić information content (AvgIpc) is 3.73. The van der Waals surface area contributed by atoms with Crippen LogP contribution >= 0.6 is 0 Å². The molecule has 0 aromatic heterocycles. The van der Waals surface area contributed by atoms with Gasteiger partial charge in [0, 0.05) is 27.8 Å². The van der Waals surface area contributed by atoms with Crippen molar-refractivity contribution < 1.29 is 0 Å². The Morgan fingerprint density at radius 3 is 1.68 bits per heavy atom. The highest BCUT2D eigenvalue weighted by Gasteiger charge is 2.39. The second-order valence-electron chi connectivity index (χ2n) is 16.1. The molecule has 0 radical (unpaired) electrons. The molecule has 1 heteroatoms. The van der Waals surface area contributed by atoms with Gasteiger partial charge in [0.25, 0.3) is 0 Å². The number of hydrogen-bond donors (Lipinski definition) is 0. The first-order valence-electron chi connectivity index (χ1n) is 18.9. The van der Waals surface area contributed by atoms with Gasteiger partial charge >= 0.3 is 0 Å². The van der Waals surface area contributed by atoms with Crippen molar-refractivity contribution in [1.29, 1.82) is 0 Å². The van der Waals surface area contributed by atoms with Gasteiger partial charge in [0.05, 0.1) is 5.69 Å². The monoisotopic (exact) mass is 677 g/mol. The summed E-state index contributed by atoms with van der Waals surface area (Å²) in [7, 11) is 0. The smallest absolute Gasteiger partial charge is 0.0543 e. The summed E-state index contributed by atoms with van der Waals surface area (Å²) in [6.07, 6.45) is 0. The maximum atomic E-state index is 2.52. The van der Waals surface area contributed by atoms with E-state index in [4.69, 9.17) is 0 Å². The maximum absolute atomic E-state index is 2.52. The van der Waals surface area contributed by atoms with Crippen molar-refractivity contribution in [1.82, 2.24) is 0 Å². The molecule has 11 rings (SSSR count). The molecule has 0 atom stereocenters. The van der Waals surface area contributed by atoms with Crippen LogP contribution in [0.25, 0.3) is 66.4 Å². The second kappa shape index (κ2) is 10.7. The Bertz CT molecular complexity index is 2820. The molecule has 0 aliphatic heterocycles. The number of nitrogens with zero attached hydrogens (tertiary/aromatic N) is 1. The Kier molecular flexibility index (Phi) is 6.14. The zero-order valence-corrected chi connectivity index (χ0v) is 30.5. The fourth-order valence-corrected chi connectivity index (χ4v) is 10.1. The lowest BCUT2D eigenvalue weighted by molar-refractivity contribution is 0.660. The van der Waals surface area contributed by atoms with Gasteiger partial charge in [0.2, 0.25) is 0 Å². The Hall–Kier alpha value is -6.18. The first kappa shape index (κ1) is 30.4. The molecule has 0 unspecified atom stereocenters. The summed E-state index contributed by atoms with van der Waals surface area (Å²) in [6, 6.07) is 61.5. The minimum atomic E-state index is -0.106. The summed E-state index contributed by atoms with van der Waals surface area (Å²) in [5.74, 6) is 0. The molecule has 8 aromatic rings. The van der Waals surface area contributed by atoms with E-state index in [-0.39, 0.29) is 10.8 Å². The fraction of sp³-hybridized carbons (Fsp3) is 0.115. The van der Waals surface area contributed by atoms with Crippen LogP contribution in [0.4, 0.5) is 17.1 Å². The predicted octanol–water partition coefficient (Wildman–Crippen LogP) is 14.2. The third-order valence-corrected chi connectivity index (χ3v) is 12.6. The van der Waals surface area contributed by atoms with Crippen LogP contribution < -0.4 is 4.90 Å². The molecule has 0 saturated heterocycles. The van der Waals surface area contributed by atoms with Crippen LogP contribution in [0, 0.1) is 0 Å². The average molecular weight is 678 g/mol. The van der Waals surface area contributed by atoms with Crippen molar-refractivity contribution in [2.45, 2.75) is 38.5 Å². The van der Waals surface area contributed by atoms with E-state index in [0.717, 1.165) is 5.69 Å². The number of benzene rings is 8. The topological polar surface area (TPSA) is 3.24 Å². The quantitative estimate of drug-likeness (QED) is 0.179. The van der Waals surface area contributed by atoms with E-state index in [1.54, 1.807) is 0 Å². The normalized spacial score (nSPS) is 14.7. The largest absolute Gasteiger partial charge is 0.310 e. The van der Waals surface area contributed by atoms with Crippen LogP contribution in [-0.2, 0) is 10.8 Å². The van der Waals surface area contributed by atoms with Crippen molar-refractivity contribution >= 4 is 27.8 Å². The van der Waals surface area contributed by atoms with Gasteiger partial charge in [-0.2, -0.15) is 0 Å². The molecule has 0 fully saturated rings. The summed E-state index contributed by atoms with van der Waals surface area (Å²) in [4.78, 5) is 2.52. The van der Waals surface area contributed by atoms with Crippen molar-refractivity contribution in [2.75, 3.05) is 4.90 Å². The zero-order valence-electron chi connectivity index (χ0n) is 30.5. The highest BCUT2D eigenvalue weighted by atomic mass is 15.1. The first-order chi connectivity index (χ1) is 25.8. The van der Waals surface area contributed by atoms with Crippen molar-refractivity contribution in [2.24, 2.45) is 0 Å². The molecule has 252 valence electrons. The van der Waals surface area contributed by atoms with Crippen LogP contribution in [0.15, 0.2) is 164 Å². The Morgan fingerprint density at radius 2 is 0.887 bits per heavy atom. The van der Waals surface area contributed by atoms with Gasteiger partial charge in [0.15, 0.2) is 0 Å². The number of fused-ring (bicyclic) bond motifs is 9. The summed E-state index contributed by atoms with van der Waals surface area (Å²) in [5, 5.41) is 2.65. The van der Waals surface area contributed by atoms with E-state index < -0.39 is 0 Å². The molecule has 0 saturated carbocycles. The third kappa shape index (κ3) is 4.08.